The van der Waals surface area contributed by atoms with Crippen LogP contribution in [0.1, 0.15) is 21.0 Å². The van der Waals surface area contributed by atoms with E-state index in [0.717, 1.165) is 24.5 Å². The topological polar surface area (TPSA) is 52.6 Å². The number of nitrogens with zero attached hydrogens (tertiary/aromatic N) is 1. The number of carboxylic acid groups (broad SMARTS) is 1. The minimum Gasteiger partial charge on any atom is -0.477 e. The highest BCUT2D eigenvalue weighted by molar-refractivity contribution is 7.13. The molecule has 1 unspecified atom stereocenters. The zero-order chi connectivity index (χ0) is 11.5. The van der Waals surface area contributed by atoms with Gasteiger partial charge in [-0.1, -0.05) is 0 Å². The number of likely N-dealkylation sites (tertiary alicyclic amines) is 1. The molecule has 0 aliphatic carbocycles. The molecule has 0 saturated carbocycles. The lowest BCUT2D eigenvalue weighted by Gasteiger charge is -2.11. The number of likely N-dealkylation sites (N-methyl/N-ethyl adjacent to an activating group) is 1. The Morgan fingerprint density at radius 1 is 1.69 bits per heavy atom. The van der Waals surface area contributed by atoms with Crippen LogP contribution in [0.2, 0.25) is 0 Å². The van der Waals surface area contributed by atoms with Gasteiger partial charge < -0.3 is 15.3 Å². The van der Waals surface area contributed by atoms with Gasteiger partial charge in [0.2, 0.25) is 0 Å². The molecule has 5 heteroatoms. The molecule has 0 spiro atoms. The van der Waals surface area contributed by atoms with Gasteiger partial charge in [0.1, 0.15) is 4.88 Å². The molecule has 1 fully saturated rings. The minimum atomic E-state index is -0.836. The summed E-state index contributed by atoms with van der Waals surface area (Å²) in [5.41, 5.74) is 0. The van der Waals surface area contributed by atoms with E-state index in [9.17, 15) is 4.79 Å². The fourth-order valence-corrected chi connectivity index (χ4v) is 2.73. The monoisotopic (exact) mass is 240 g/mol. The summed E-state index contributed by atoms with van der Waals surface area (Å²) in [4.78, 5) is 14.5. The Morgan fingerprint density at radius 2 is 2.50 bits per heavy atom. The summed E-state index contributed by atoms with van der Waals surface area (Å²) >= 11 is 1.35. The van der Waals surface area contributed by atoms with Crippen LogP contribution in [0.15, 0.2) is 12.1 Å². The highest BCUT2D eigenvalue weighted by atomic mass is 32.1. The molecule has 0 amide bonds. The number of hydrogen-bond donors (Lipinski definition) is 2. The first-order chi connectivity index (χ1) is 7.65. The Morgan fingerprint density at radius 3 is 3.06 bits per heavy atom. The van der Waals surface area contributed by atoms with Crippen LogP contribution >= 0.6 is 11.3 Å². The average Bonchev–Trinajstić information content (AvgIpc) is 2.83. The molecule has 2 rings (SSSR count). The summed E-state index contributed by atoms with van der Waals surface area (Å²) in [6.45, 7) is 3.00. The first-order valence-electron chi connectivity index (χ1n) is 5.39. The number of thiophene rings is 1. The number of nitrogens with one attached hydrogen (secondary N) is 1. The zero-order valence-electron chi connectivity index (χ0n) is 9.27. The molecule has 1 aromatic rings. The van der Waals surface area contributed by atoms with Crippen LogP contribution in [0.3, 0.4) is 0 Å². The fraction of sp³-hybridized carbons (Fsp3) is 0.545. The fourth-order valence-electron chi connectivity index (χ4n) is 1.93. The SMILES string of the molecule is CN1CCC(NCc2ccc(C(=O)O)s2)C1. The van der Waals surface area contributed by atoms with Gasteiger partial charge in [0, 0.05) is 24.0 Å². The molecule has 0 radical (unpaired) electrons. The number of rotatable bonds is 4. The van der Waals surface area contributed by atoms with Crippen molar-refractivity contribution in [1.82, 2.24) is 10.2 Å². The van der Waals surface area contributed by atoms with Gasteiger partial charge >= 0.3 is 5.97 Å². The first-order valence-corrected chi connectivity index (χ1v) is 6.21. The van der Waals surface area contributed by atoms with E-state index in [0.29, 0.717) is 10.9 Å². The summed E-state index contributed by atoms with van der Waals surface area (Å²) < 4.78 is 0. The summed E-state index contributed by atoms with van der Waals surface area (Å²) in [7, 11) is 2.12. The van der Waals surface area contributed by atoms with Crippen LogP contribution in [0.5, 0.6) is 0 Å². The van der Waals surface area contributed by atoms with Crippen molar-refractivity contribution in [2.24, 2.45) is 0 Å². The lowest BCUT2D eigenvalue weighted by Crippen LogP contribution is -2.30. The quantitative estimate of drug-likeness (QED) is 0.831. The van der Waals surface area contributed by atoms with E-state index in [-0.39, 0.29) is 0 Å². The first kappa shape index (κ1) is 11.6. The predicted octanol–water partition coefficient (Wildman–Crippen LogP) is 1.24. The van der Waals surface area contributed by atoms with E-state index >= 15 is 0 Å². The maximum Gasteiger partial charge on any atom is 0.345 e. The molecule has 1 atom stereocenters. The Labute approximate surface area is 98.9 Å². The largest absolute Gasteiger partial charge is 0.477 e. The molecule has 1 saturated heterocycles. The van der Waals surface area contributed by atoms with Crippen molar-refractivity contribution in [3.05, 3.63) is 21.9 Å². The second kappa shape index (κ2) is 4.95. The number of carboxylic acids is 1. The third kappa shape index (κ3) is 2.81. The van der Waals surface area contributed by atoms with Crippen LogP contribution in [-0.4, -0.2) is 42.2 Å². The van der Waals surface area contributed by atoms with Gasteiger partial charge in [0.15, 0.2) is 0 Å². The van der Waals surface area contributed by atoms with Crippen molar-refractivity contribution in [1.29, 1.82) is 0 Å². The van der Waals surface area contributed by atoms with Crippen LogP contribution in [0, 0.1) is 0 Å². The van der Waals surface area contributed by atoms with Crippen molar-refractivity contribution in [3.63, 3.8) is 0 Å². The Kier molecular flexibility index (Phi) is 3.58. The van der Waals surface area contributed by atoms with Gasteiger partial charge in [0.25, 0.3) is 0 Å². The van der Waals surface area contributed by atoms with Crippen molar-refractivity contribution >= 4 is 17.3 Å². The molecule has 2 heterocycles. The van der Waals surface area contributed by atoms with E-state index in [1.807, 2.05) is 6.07 Å². The Balaban J connectivity index is 1.83. The molecule has 0 aromatic carbocycles. The molecule has 1 aromatic heterocycles. The van der Waals surface area contributed by atoms with Gasteiger partial charge in [-0.3, -0.25) is 0 Å². The third-order valence-electron chi connectivity index (χ3n) is 2.83. The van der Waals surface area contributed by atoms with Crippen LogP contribution in [0.25, 0.3) is 0 Å². The molecule has 16 heavy (non-hydrogen) atoms. The van der Waals surface area contributed by atoms with Gasteiger partial charge in [-0.2, -0.15) is 0 Å². The highest BCUT2D eigenvalue weighted by Crippen LogP contribution is 2.17. The van der Waals surface area contributed by atoms with E-state index in [2.05, 4.69) is 17.3 Å². The molecule has 1 aliphatic heterocycles. The van der Waals surface area contributed by atoms with E-state index in [1.165, 1.54) is 17.8 Å². The lowest BCUT2D eigenvalue weighted by molar-refractivity contribution is 0.0702. The molecule has 1 aliphatic rings. The highest BCUT2D eigenvalue weighted by Gasteiger charge is 2.18. The minimum absolute atomic E-state index is 0.417. The molecular formula is C11H16N2O2S. The number of hydrogen-bond acceptors (Lipinski definition) is 4. The maximum atomic E-state index is 10.7. The second-order valence-electron chi connectivity index (χ2n) is 4.20. The molecule has 0 bridgehead atoms. The van der Waals surface area contributed by atoms with Gasteiger partial charge in [-0.25, -0.2) is 4.79 Å². The molecule has 4 nitrogen and oxygen atoms in total. The van der Waals surface area contributed by atoms with Gasteiger partial charge in [-0.15, -0.1) is 11.3 Å². The zero-order valence-corrected chi connectivity index (χ0v) is 10.1. The van der Waals surface area contributed by atoms with Crippen molar-refractivity contribution in [3.8, 4) is 0 Å². The van der Waals surface area contributed by atoms with E-state index in [1.54, 1.807) is 6.07 Å². The normalized spacial score (nSPS) is 21.4. The smallest absolute Gasteiger partial charge is 0.345 e. The average molecular weight is 240 g/mol. The second-order valence-corrected chi connectivity index (χ2v) is 5.37. The molecular weight excluding hydrogens is 224 g/mol. The van der Waals surface area contributed by atoms with Crippen molar-refractivity contribution < 1.29 is 9.90 Å². The number of carbonyl (C=O) groups is 1. The molecule has 2 N–H and O–H groups in total. The van der Waals surface area contributed by atoms with Crippen LogP contribution in [0.4, 0.5) is 0 Å². The summed E-state index contributed by atoms with van der Waals surface area (Å²) in [5.74, 6) is -0.836. The third-order valence-corrected chi connectivity index (χ3v) is 3.90. The van der Waals surface area contributed by atoms with E-state index < -0.39 is 5.97 Å². The maximum absolute atomic E-state index is 10.7. The van der Waals surface area contributed by atoms with Crippen molar-refractivity contribution in [2.75, 3.05) is 20.1 Å². The summed E-state index contributed by atoms with van der Waals surface area (Å²) in [5, 5.41) is 12.3. The van der Waals surface area contributed by atoms with Crippen LogP contribution < -0.4 is 5.32 Å². The standard InChI is InChI=1S/C11H16N2O2S/c1-13-5-4-8(7-13)12-6-9-2-3-10(16-9)11(14)15/h2-3,8,12H,4-7H2,1H3,(H,14,15). The van der Waals surface area contributed by atoms with Crippen LogP contribution in [-0.2, 0) is 6.54 Å². The number of aromatic carboxylic acids is 1. The van der Waals surface area contributed by atoms with Gasteiger partial charge in [0.05, 0.1) is 0 Å². The summed E-state index contributed by atoms with van der Waals surface area (Å²) in [6, 6.07) is 4.10. The van der Waals surface area contributed by atoms with Gasteiger partial charge in [-0.05, 0) is 32.1 Å². The van der Waals surface area contributed by atoms with Crippen molar-refractivity contribution in [2.45, 2.75) is 19.0 Å². The lowest BCUT2D eigenvalue weighted by atomic mass is 10.2. The summed E-state index contributed by atoms with van der Waals surface area (Å²) in [6.07, 6.45) is 1.17. The predicted molar refractivity (Wildman–Crippen MR) is 64.0 cm³/mol. The Bertz CT molecular complexity index is 378. The Hall–Kier alpha value is -0.910. The molecule has 88 valence electrons. The van der Waals surface area contributed by atoms with E-state index in [4.69, 9.17) is 5.11 Å².